The molecule has 0 radical (unpaired) electrons. The fourth-order valence-electron chi connectivity index (χ4n) is 4.60. The number of aromatic carboxylic acids is 1. The molecular weight excluding hydrogens is 405 g/mol. The maximum absolute atomic E-state index is 15.6. The molecule has 6 nitrogen and oxygen atoms in total. The number of aromatic nitrogens is 1. The van der Waals surface area contributed by atoms with Crippen molar-refractivity contribution < 1.29 is 14.3 Å². The predicted molar refractivity (Wildman–Crippen MR) is 116 cm³/mol. The lowest BCUT2D eigenvalue weighted by atomic mass is 9.94. The number of thiophene rings is 1. The van der Waals surface area contributed by atoms with E-state index in [4.69, 9.17) is 11.5 Å². The second-order valence-electron chi connectivity index (χ2n) is 8.27. The Morgan fingerprint density at radius 3 is 2.70 bits per heavy atom. The maximum atomic E-state index is 15.6. The molecule has 1 saturated carbocycles. The van der Waals surface area contributed by atoms with Crippen LogP contribution in [0.1, 0.15) is 64.1 Å². The van der Waals surface area contributed by atoms with Gasteiger partial charge in [0, 0.05) is 33.6 Å². The number of fused-ring (bicyclic) bond motifs is 2. The van der Waals surface area contributed by atoms with Gasteiger partial charge in [-0.1, -0.05) is 0 Å². The van der Waals surface area contributed by atoms with E-state index in [1.54, 1.807) is 11.5 Å². The second-order valence-corrected chi connectivity index (χ2v) is 9.35. The van der Waals surface area contributed by atoms with Crippen LogP contribution in [0.5, 0.6) is 0 Å². The van der Waals surface area contributed by atoms with E-state index in [0.29, 0.717) is 16.6 Å². The van der Waals surface area contributed by atoms with Gasteiger partial charge in [-0.3, -0.25) is 4.79 Å². The van der Waals surface area contributed by atoms with Crippen molar-refractivity contribution in [3.05, 3.63) is 49.9 Å². The van der Waals surface area contributed by atoms with Gasteiger partial charge in [-0.05, 0) is 56.2 Å². The number of benzene rings is 1. The molecular formula is C22H22FN3O3S. The number of hydrogen-bond donors (Lipinski definition) is 3. The van der Waals surface area contributed by atoms with Crippen molar-refractivity contribution in [2.45, 2.75) is 51.1 Å². The van der Waals surface area contributed by atoms with Crippen LogP contribution in [0, 0.1) is 12.7 Å². The molecule has 5 N–H and O–H groups in total. The molecule has 156 valence electrons. The zero-order valence-corrected chi connectivity index (χ0v) is 17.3. The molecule has 2 aliphatic rings. The Bertz CT molecular complexity index is 1290. The standard InChI is InChI=1S/C22H22FN3O3S/c1-9-15(14-7-10-3-2-4-13(24)21(10)30-14)17(23)18(25)16-19(9)26(11-5-6-11)8-12(20(16)27)22(28)29/h7-8,11,13H,2-6,24-25H2,1H3,(H,28,29). The second kappa shape index (κ2) is 6.65. The van der Waals surface area contributed by atoms with E-state index >= 15 is 4.39 Å². The van der Waals surface area contributed by atoms with Crippen LogP contribution in [0.3, 0.4) is 0 Å². The van der Waals surface area contributed by atoms with E-state index in [-0.39, 0.29) is 28.7 Å². The van der Waals surface area contributed by atoms with Crippen LogP contribution in [-0.4, -0.2) is 15.6 Å². The Balaban J connectivity index is 1.86. The third-order valence-corrected chi connectivity index (χ3v) is 7.57. The average Bonchev–Trinajstić information content (AvgIpc) is 3.45. The van der Waals surface area contributed by atoms with Gasteiger partial charge in [0.05, 0.1) is 16.6 Å². The van der Waals surface area contributed by atoms with Crippen molar-refractivity contribution in [1.29, 1.82) is 0 Å². The molecule has 0 bridgehead atoms. The van der Waals surface area contributed by atoms with Crippen LogP contribution in [0.2, 0.25) is 0 Å². The number of rotatable bonds is 3. The van der Waals surface area contributed by atoms with Crippen molar-refractivity contribution in [1.82, 2.24) is 4.57 Å². The number of pyridine rings is 1. The van der Waals surface area contributed by atoms with Crippen LogP contribution in [-0.2, 0) is 6.42 Å². The van der Waals surface area contributed by atoms with E-state index in [2.05, 4.69) is 0 Å². The maximum Gasteiger partial charge on any atom is 0.341 e. The Labute approximate surface area is 175 Å². The summed E-state index contributed by atoms with van der Waals surface area (Å²) in [7, 11) is 0. The SMILES string of the molecule is Cc1c(-c2cc3c(s2)C(N)CCC3)c(F)c(N)c2c(=O)c(C(=O)O)cn(C3CC3)c12. The minimum atomic E-state index is -1.34. The first-order valence-electron chi connectivity index (χ1n) is 10.1. The highest BCUT2D eigenvalue weighted by Crippen LogP contribution is 2.45. The van der Waals surface area contributed by atoms with Crippen LogP contribution in [0.4, 0.5) is 10.1 Å². The van der Waals surface area contributed by atoms with Gasteiger partial charge in [-0.25, -0.2) is 9.18 Å². The van der Waals surface area contributed by atoms with E-state index < -0.39 is 17.2 Å². The number of nitrogens with zero attached hydrogens (tertiary/aromatic N) is 1. The highest BCUT2D eigenvalue weighted by atomic mass is 32.1. The summed E-state index contributed by atoms with van der Waals surface area (Å²) in [6, 6.07) is 2.03. The van der Waals surface area contributed by atoms with E-state index in [0.717, 1.165) is 47.4 Å². The van der Waals surface area contributed by atoms with Crippen LogP contribution < -0.4 is 16.9 Å². The highest BCUT2D eigenvalue weighted by Gasteiger charge is 2.31. The van der Waals surface area contributed by atoms with Gasteiger partial charge in [0.15, 0.2) is 5.82 Å². The van der Waals surface area contributed by atoms with E-state index in [9.17, 15) is 14.7 Å². The van der Waals surface area contributed by atoms with Gasteiger partial charge in [0.2, 0.25) is 5.43 Å². The van der Waals surface area contributed by atoms with E-state index in [1.807, 2.05) is 6.07 Å². The lowest BCUT2D eigenvalue weighted by Gasteiger charge is -2.18. The smallest absolute Gasteiger partial charge is 0.341 e. The van der Waals surface area contributed by atoms with Crippen LogP contribution in [0.25, 0.3) is 21.3 Å². The van der Waals surface area contributed by atoms with Crippen LogP contribution >= 0.6 is 11.3 Å². The van der Waals surface area contributed by atoms with Crippen LogP contribution in [0.15, 0.2) is 17.1 Å². The highest BCUT2D eigenvalue weighted by molar-refractivity contribution is 7.15. The molecule has 0 amide bonds. The molecule has 2 aromatic heterocycles. The third kappa shape index (κ3) is 2.70. The fourth-order valence-corrected chi connectivity index (χ4v) is 5.94. The minimum absolute atomic E-state index is 0.0430. The number of nitrogen functional groups attached to an aromatic ring is 1. The molecule has 0 saturated heterocycles. The monoisotopic (exact) mass is 427 g/mol. The summed E-state index contributed by atoms with van der Waals surface area (Å²) in [5, 5.41) is 9.43. The molecule has 1 fully saturated rings. The summed E-state index contributed by atoms with van der Waals surface area (Å²) >= 11 is 1.48. The number of carbonyl (C=O) groups is 1. The molecule has 8 heteroatoms. The van der Waals surface area contributed by atoms with Gasteiger partial charge in [0.1, 0.15) is 5.56 Å². The predicted octanol–water partition coefficient (Wildman–Crippen LogP) is 4.13. The molecule has 2 heterocycles. The summed E-state index contributed by atoms with van der Waals surface area (Å²) in [6.45, 7) is 1.78. The molecule has 1 atom stereocenters. The summed E-state index contributed by atoms with van der Waals surface area (Å²) in [5.41, 5.74) is 13.6. The molecule has 0 spiro atoms. The van der Waals surface area contributed by atoms with Crippen molar-refractivity contribution in [2.75, 3.05) is 5.73 Å². The zero-order valence-electron chi connectivity index (χ0n) is 16.5. The molecule has 5 rings (SSSR count). The summed E-state index contributed by atoms with van der Waals surface area (Å²) in [5.74, 6) is -2.01. The Morgan fingerprint density at radius 2 is 2.07 bits per heavy atom. The van der Waals surface area contributed by atoms with Gasteiger partial charge in [-0.2, -0.15) is 0 Å². The lowest BCUT2D eigenvalue weighted by molar-refractivity contribution is 0.0695. The number of hydrogen-bond acceptors (Lipinski definition) is 5. The number of aryl methyl sites for hydroxylation is 2. The molecule has 0 aliphatic heterocycles. The fraction of sp³-hybridized carbons (Fsp3) is 0.364. The largest absolute Gasteiger partial charge is 0.477 e. The zero-order chi connectivity index (χ0) is 21.3. The quantitative estimate of drug-likeness (QED) is 0.544. The number of halogens is 1. The number of carboxylic acid groups (broad SMARTS) is 1. The summed E-state index contributed by atoms with van der Waals surface area (Å²) < 4.78 is 17.4. The average molecular weight is 428 g/mol. The number of anilines is 1. The molecule has 2 aliphatic carbocycles. The molecule has 1 unspecified atom stereocenters. The summed E-state index contributed by atoms with van der Waals surface area (Å²) in [4.78, 5) is 26.3. The van der Waals surface area contributed by atoms with Gasteiger partial charge < -0.3 is 21.1 Å². The van der Waals surface area contributed by atoms with E-state index in [1.165, 1.54) is 17.5 Å². The first-order valence-corrected chi connectivity index (χ1v) is 10.9. The molecule has 3 aromatic rings. The number of carboxylic acids is 1. The Hall–Kier alpha value is -2.71. The Kier molecular flexibility index (Phi) is 4.27. The van der Waals surface area contributed by atoms with Crippen molar-refractivity contribution >= 4 is 33.9 Å². The topological polar surface area (TPSA) is 111 Å². The lowest BCUT2D eigenvalue weighted by Crippen LogP contribution is -2.21. The normalized spacial score (nSPS) is 18.6. The minimum Gasteiger partial charge on any atom is -0.477 e. The third-order valence-electron chi connectivity index (χ3n) is 6.25. The van der Waals surface area contributed by atoms with Gasteiger partial charge >= 0.3 is 5.97 Å². The van der Waals surface area contributed by atoms with Crippen molar-refractivity contribution in [3.8, 4) is 10.4 Å². The number of nitrogens with two attached hydrogens (primary N) is 2. The Morgan fingerprint density at radius 1 is 1.33 bits per heavy atom. The first-order chi connectivity index (χ1) is 14.3. The van der Waals surface area contributed by atoms with Gasteiger partial charge in [0.25, 0.3) is 0 Å². The van der Waals surface area contributed by atoms with Crippen molar-refractivity contribution in [2.24, 2.45) is 5.73 Å². The van der Waals surface area contributed by atoms with Gasteiger partial charge in [-0.15, -0.1) is 11.3 Å². The van der Waals surface area contributed by atoms with Crippen molar-refractivity contribution in [3.63, 3.8) is 0 Å². The first kappa shape index (κ1) is 19.3. The molecule has 30 heavy (non-hydrogen) atoms. The molecule has 1 aromatic carbocycles. The summed E-state index contributed by atoms with van der Waals surface area (Å²) in [6.07, 6.45) is 5.97.